The lowest BCUT2D eigenvalue weighted by molar-refractivity contribution is 0.0955. The molecule has 0 unspecified atom stereocenters. The number of rotatable bonds is 8. The first kappa shape index (κ1) is 17.5. The molecule has 0 heterocycles. The van der Waals surface area contributed by atoms with Gasteiger partial charge >= 0.3 is 0 Å². The number of nitrogens with zero attached hydrogens (tertiary/aromatic N) is 1. The monoisotopic (exact) mass is 326 g/mol. The molecule has 2 aromatic rings. The van der Waals surface area contributed by atoms with Gasteiger partial charge in [0, 0.05) is 11.1 Å². The number of para-hydroxylation sites is 1. The van der Waals surface area contributed by atoms with Gasteiger partial charge in [-0.05, 0) is 42.8 Å². The van der Waals surface area contributed by atoms with Crippen molar-refractivity contribution in [3.8, 4) is 11.5 Å². The molecule has 0 aromatic heterocycles. The molecule has 2 rings (SSSR count). The number of unbranched alkanes of at least 4 members (excludes halogenated alkanes) is 1. The van der Waals surface area contributed by atoms with E-state index < -0.39 is 0 Å². The van der Waals surface area contributed by atoms with E-state index in [4.69, 9.17) is 9.47 Å². The lowest BCUT2D eigenvalue weighted by Gasteiger charge is -2.08. The molecule has 126 valence electrons. The van der Waals surface area contributed by atoms with E-state index in [1.165, 1.54) is 0 Å². The van der Waals surface area contributed by atoms with Gasteiger partial charge in [-0.1, -0.05) is 25.5 Å². The standard InChI is InChI=1S/C19H22N2O3/c1-3-4-13-24-18-8-6-5-7-16(18)14-20-21-19(22)15-9-11-17(23-2)12-10-15/h5-12,14H,3-4,13H2,1-2H3,(H,21,22)/b20-14-. The van der Waals surface area contributed by atoms with Gasteiger partial charge in [0.1, 0.15) is 11.5 Å². The van der Waals surface area contributed by atoms with Gasteiger partial charge in [-0.3, -0.25) is 4.79 Å². The van der Waals surface area contributed by atoms with Crippen LogP contribution in [-0.4, -0.2) is 25.8 Å². The van der Waals surface area contributed by atoms with Crippen molar-refractivity contribution in [1.82, 2.24) is 5.43 Å². The number of hydrazone groups is 1. The smallest absolute Gasteiger partial charge is 0.271 e. The SMILES string of the molecule is CCCCOc1ccccc1/C=N\NC(=O)c1ccc(OC)cc1. The molecule has 0 atom stereocenters. The molecule has 0 radical (unpaired) electrons. The Bertz CT molecular complexity index is 681. The van der Waals surface area contributed by atoms with Crippen molar-refractivity contribution < 1.29 is 14.3 Å². The van der Waals surface area contributed by atoms with Crippen LogP contribution in [0.25, 0.3) is 0 Å². The summed E-state index contributed by atoms with van der Waals surface area (Å²) in [6.45, 7) is 2.78. The Labute approximate surface area is 142 Å². The van der Waals surface area contributed by atoms with Crippen LogP contribution in [0.4, 0.5) is 0 Å². The summed E-state index contributed by atoms with van der Waals surface area (Å²) < 4.78 is 10.8. The van der Waals surface area contributed by atoms with Crippen molar-refractivity contribution in [2.45, 2.75) is 19.8 Å². The number of hydrogen-bond acceptors (Lipinski definition) is 4. The molecular weight excluding hydrogens is 304 g/mol. The third-order valence-electron chi connectivity index (χ3n) is 3.40. The summed E-state index contributed by atoms with van der Waals surface area (Å²) in [5.41, 5.74) is 3.85. The fourth-order valence-corrected chi connectivity index (χ4v) is 2.01. The molecule has 1 N–H and O–H groups in total. The van der Waals surface area contributed by atoms with Crippen LogP contribution in [0, 0.1) is 0 Å². The van der Waals surface area contributed by atoms with E-state index in [1.807, 2.05) is 24.3 Å². The molecule has 0 aliphatic rings. The second-order valence-electron chi connectivity index (χ2n) is 5.17. The normalized spacial score (nSPS) is 10.6. The van der Waals surface area contributed by atoms with Crippen LogP contribution in [0.15, 0.2) is 53.6 Å². The van der Waals surface area contributed by atoms with Crippen molar-refractivity contribution in [1.29, 1.82) is 0 Å². The first-order valence-corrected chi connectivity index (χ1v) is 7.94. The van der Waals surface area contributed by atoms with Gasteiger partial charge in [0.2, 0.25) is 0 Å². The third kappa shape index (κ3) is 5.12. The van der Waals surface area contributed by atoms with Crippen LogP contribution in [0.3, 0.4) is 0 Å². The predicted molar refractivity (Wildman–Crippen MR) is 94.9 cm³/mol. The van der Waals surface area contributed by atoms with Crippen molar-refractivity contribution >= 4 is 12.1 Å². The maximum absolute atomic E-state index is 12.0. The average molecular weight is 326 g/mol. The molecule has 0 aliphatic carbocycles. The highest BCUT2D eigenvalue weighted by Crippen LogP contribution is 2.16. The van der Waals surface area contributed by atoms with Crippen LogP contribution < -0.4 is 14.9 Å². The van der Waals surface area contributed by atoms with Gasteiger partial charge in [0.15, 0.2) is 0 Å². The zero-order valence-electron chi connectivity index (χ0n) is 14.0. The summed E-state index contributed by atoms with van der Waals surface area (Å²) in [5, 5.41) is 4.01. The van der Waals surface area contributed by atoms with Crippen LogP contribution in [0.1, 0.15) is 35.7 Å². The zero-order chi connectivity index (χ0) is 17.2. The number of methoxy groups -OCH3 is 1. The Kier molecular flexibility index (Phi) is 6.83. The Balaban J connectivity index is 1.96. The molecule has 0 fully saturated rings. The van der Waals surface area contributed by atoms with E-state index in [0.29, 0.717) is 17.9 Å². The number of ether oxygens (including phenoxy) is 2. The highest BCUT2D eigenvalue weighted by molar-refractivity contribution is 5.95. The fraction of sp³-hybridized carbons (Fsp3) is 0.263. The third-order valence-corrected chi connectivity index (χ3v) is 3.40. The topological polar surface area (TPSA) is 59.9 Å². The highest BCUT2D eigenvalue weighted by Gasteiger charge is 2.04. The summed E-state index contributed by atoms with van der Waals surface area (Å²) in [4.78, 5) is 12.0. The van der Waals surface area contributed by atoms with Gasteiger partial charge in [-0.25, -0.2) is 5.43 Å². The molecular formula is C19H22N2O3. The van der Waals surface area contributed by atoms with Crippen LogP contribution in [0.5, 0.6) is 11.5 Å². The van der Waals surface area contributed by atoms with E-state index in [2.05, 4.69) is 17.5 Å². The summed E-state index contributed by atoms with van der Waals surface area (Å²) in [6, 6.07) is 14.4. The molecule has 0 saturated carbocycles. The summed E-state index contributed by atoms with van der Waals surface area (Å²) >= 11 is 0. The summed E-state index contributed by atoms with van der Waals surface area (Å²) in [7, 11) is 1.58. The lowest BCUT2D eigenvalue weighted by atomic mass is 10.2. The minimum absolute atomic E-state index is 0.279. The number of benzene rings is 2. The van der Waals surface area contributed by atoms with Gasteiger partial charge in [-0.2, -0.15) is 5.10 Å². The van der Waals surface area contributed by atoms with Crippen molar-refractivity contribution in [2.75, 3.05) is 13.7 Å². The fourth-order valence-electron chi connectivity index (χ4n) is 2.01. The molecule has 0 spiro atoms. The van der Waals surface area contributed by atoms with E-state index in [-0.39, 0.29) is 5.91 Å². The van der Waals surface area contributed by atoms with Gasteiger partial charge in [0.25, 0.3) is 5.91 Å². The first-order valence-electron chi connectivity index (χ1n) is 7.94. The van der Waals surface area contributed by atoms with Crippen molar-refractivity contribution in [3.05, 3.63) is 59.7 Å². The maximum Gasteiger partial charge on any atom is 0.271 e. The molecule has 0 saturated heterocycles. The molecule has 5 heteroatoms. The molecule has 1 amide bonds. The summed E-state index contributed by atoms with van der Waals surface area (Å²) in [5.74, 6) is 1.18. The Morgan fingerprint density at radius 1 is 1.17 bits per heavy atom. The molecule has 0 aliphatic heterocycles. The van der Waals surface area contributed by atoms with E-state index in [9.17, 15) is 4.79 Å². The minimum Gasteiger partial charge on any atom is -0.497 e. The second-order valence-corrected chi connectivity index (χ2v) is 5.17. The molecule has 24 heavy (non-hydrogen) atoms. The van der Waals surface area contributed by atoms with Gasteiger partial charge in [-0.15, -0.1) is 0 Å². The lowest BCUT2D eigenvalue weighted by Crippen LogP contribution is -2.17. The number of carbonyl (C=O) groups excluding carboxylic acids is 1. The van der Waals surface area contributed by atoms with E-state index in [1.54, 1.807) is 37.6 Å². The van der Waals surface area contributed by atoms with Gasteiger partial charge < -0.3 is 9.47 Å². The van der Waals surface area contributed by atoms with Crippen LogP contribution >= 0.6 is 0 Å². The van der Waals surface area contributed by atoms with Crippen LogP contribution in [0.2, 0.25) is 0 Å². The maximum atomic E-state index is 12.0. The first-order chi connectivity index (χ1) is 11.7. The van der Waals surface area contributed by atoms with Crippen LogP contribution in [-0.2, 0) is 0 Å². The van der Waals surface area contributed by atoms with Gasteiger partial charge in [0.05, 0.1) is 19.9 Å². The number of nitrogens with one attached hydrogen (secondary N) is 1. The summed E-state index contributed by atoms with van der Waals surface area (Å²) in [6.07, 6.45) is 3.66. The Hall–Kier alpha value is -2.82. The Morgan fingerprint density at radius 3 is 2.62 bits per heavy atom. The van der Waals surface area contributed by atoms with E-state index >= 15 is 0 Å². The highest BCUT2D eigenvalue weighted by atomic mass is 16.5. The number of amides is 1. The Morgan fingerprint density at radius 2 is 1.92 bits per heavy atom. The number of hydrogen-bond donors (Lipinski definition) is 1. The largest absolute Gasteiger partial charge is 0.497 e. The quantitative estimate of drug-likeness (QED) is 0.458. The average Bonchev–Trinajstić information content (AvgIpc) is 2.63. The zero-order valence-corrected chi connectivity index (χ0v) is 14.0. The minimum atomic E-state index is -0.279. The molecule has 2 aromatic carbocycles. The number of carbonyl (C=O) groups is 1. The van der Waals surface area contributed by atoms with Crippen molar-refractivity contribution in [2.24, 2.45) is 5.10 Å². The van der Waals surface area contributed by atoms with E-state index in [0.717, 1.165) is 24.2 Å². The molecule has 0 bridgehead atoms. The van der Waals surface area contributed by atoms with Crippen molar-refractivity contribution in [3.63, 3.8) is 0 Å². The predicted octanol–water partition coefficient (Wildman–Crippen LogP) is 3.64. The molecule has 5 nitrogen and oxygen atoms in total. The second kappa shape index (κ2) is 9.35.